The molecule has 0 unspecified atom stereocenters. The van der Waals surface area contributed by atoms with Crippen LogP contribution in [0.4, 0.5) is 5.69 Å². The van der Waals surface area contributed by atoms with Gasteiger partial charge < -0.3 is 35.0 Å². The van der Waals surface area contributed by atoms with Crippen molar-refractivity contribution < 1.29 is 34.2 Å². The van der Waals surface area contributed by atoms with E-state index in [1.54, 1.807) is 5.48 Å². The molecule has 3 saturated heterocycles. The molecule has 0 radical (unpaired) electrons. The summed E-state index contributed by atoms with van der Waals surface area (Å²) < 4.78 is 13.4. The summed E-state index contributed by atoms with van der Waals surface area (Å²) in [6.45, 7) is 3.15. The summed E-state index contributed by atoms with van der Waals surface area (Å²) in [4.78, 5) is 41.7. The van der Waals surface area contributed by atoms with Crippen LogP contribution >= 0.6 is 0 Å². The highest BCUT2D eigenvalue weighted by atomic mass is 16.7. The number of likely N-dealkylation sites (tertiary alicyclic amines) is 1. The molecule has 3 aliphatic heterocycles. The van der Waals surface area contributed by atoms with Crippen LogP contribution in [-0.2, 0) is 37.0 Å². The molecule has 300 valence electrons. The highest BCUT2D eigenvalue weighted by Gasteiger charge is 2.50. The third-order valence-electron chi connectivity index (χ3n) is 11.6. The second-order valence-electron chi connectivity index (χ2n) is 15.3. The van der Waals surface area contributed by atoms with Gasteiger partial charge in [0.05, 0.1) is 25.5 Å². The summed E-state index contributed by atoms with van der Waals surface area (Å²) in [6.07, 6.45) is 3.81. The van der Waals surface area contributed by atoms with E-state index in [2.05, 4.69) is 50.8 Å². The fourth-order valence-corrected chi connectivity index (χ4v) is 8.32. The normalized spacial score (nSPS) is 20.6. The summed E-state index contributed by atoms with van der Waals surface area (Å²) in [5.41, 5.74) is 7.95. The van der Waals surface area contributed by atoms with E-state index in [0.717, 1.165) is 71.4 Å². The standard InChI is InChI=1S/C45H53N5O7/c51-30-32-15-17-34(18-16-32)40-27-38(29-49-25-23-45(24-26-49)44(54)47-31-50(45)37-10-3-1-4-11-37)56-43(57-40)35-21-19-33(20-22-35)39-12-8-7-9-36(39)28-46-41(52)13-5-2-6-14-42(53)48-55/h1,3-4,7-12,15-22,38,40,43,51,55H,2,5-6,13-14,23-31H2,(H,46,52)(H,47,54)(H,48,53)/t38-,40+,43+/m0/s1. The molecule has 57 heavy (non-hydrogen) atoms. The van der Waals surface area contributed by atoms with Crippen molar-refractivity contribution >= 4 is 23.4 Å². The lowest BCUT2D eigenvalue weighted by atomic mass is 9.85. The number of carbonyl (C=O) groups excluding carboxylic acids is 3. The Morgan fingerprint density at radius 1 is 0.807 bits per heavy atom. The predicted molar refractivity (Wildman–Crippen MR) is 215 cm³/mol. The lowest BCUT2D eigenvalue weighted by Gasteiger charge is -2.45. The Morgan fingerprint density at radius 2 is 1.49 bits per heavy atom. The number of ether oxygens (including phenoxy) is 2. The molecule has 4 aromatic rings. The zero-order chi connectivity index (χ0) is 39.6. The van der Waals surface area contributed by atoms with Gasteiger partial charge in [-0.1, -0.05) is 97.4 Å². The Hall–Kier alpha value is -5.11. The number of hydroxylamine groups is 1. The Labute approximate surface area is 334 Å². The topological polar surface area (TPSA) is 153 Å². The van der Waals surface area contributed by atoms with Gasteiger partial charge in [0.25, 0.3) is 0 Å². The van der Waals surface area contributed by atoms with E-state index >= 15 is 0 Å². The van der Waals surface area contributed by atoms with Crippen LogP contribution in [-0.4, -0.2) is 70.9 Å². The van der Waals surface area contributed by atoms with Gasteiger partial charge in [0.2, 0.25) is 17.7 Å². The minimum absolute atomic E-state index is 0.0206. The van der Waals surface area contributed by atoms with Crippen LogP contribution in [0.3, 0.4) is 0 Å². The van der Waals surface area contributed by atoms with E-state index in [1.807, 2.05) is 72.8 Å². The smallest absolute Gasteiger partial charge is 0.247 e. The number of piperidine rings is 1. The number of unbranched alkanes of at least 4 members (excludes halogenated alkanes) is 2. The van der Waals surface area contributed by atoms with Gasteiger partial charge in [-0.3, -0.25) is 19.6 Å². The molecule has 0 bridgehead atoms. The fraction of sp³-hybridized carbons (Fsp3) is 0.400. The number of aliphatic hydroxyl groups is 1. The van der Waals surface area contributed by atoms with Crippen LogP contribution in [0.15, 0.2) is 103 Å². The lowest BCUT2D eigenvalue weighted by molar-refractivity contribution is -0.253. The lowest BCUT2D eigenvalue weighted by Crippen LogP contribution is -2.57. The Kier molecular flexibility index (Phi) is 13.3. The minimum atomic E-state index is -0.599. The maximum Gasteiger partial charge on any atom is 0.247 e. The van der Waals surface area contributed by atoms with E-state index < -0.39 is 17.7 Å². The van der Waals surface area contributed by atoms with Crippen molar-refractivity contribution in [2.75, 3.05) is 31.2 Å². The third-order valence-corrected chi connectivity index (χ3v) is 11.6. The Morgan fingerprint density at radius 3 is 2.21 bits per heavy atom. The Bertz CT molecular complexity index is 1950. The van der Waals surface area contributed by atoms with Gasteiger partial charge in [-0.25, -0.2) is 5.48 Å². The summed E-state index contributed by atoms with van der Waals surface area (Å²) >= 11 is 0. The quantitative estimate of drug-likeness (QED) is 0.0566. The van der Waals surface area contributed by atoms with Gasteiger partial charge in [-0.15, -0.1) is 0 Å². The van der Waals surface area contributed by atoms with Crippen molar-refractivity contribution in [2.45, 2.75) is 88.6 Å². The molecule has 0 saturated carbocycles. The van der Waals surface area contributed by atoms with Crippen molar-refractivity contribution in [3.05, 3.63) is 125 Å². The number of anilines is 1. The summed E-state index contributed by atoms with van der Waals surface area (Å²) in [7, 11) is 0. The van der Waals surface area contributed by atoms with Crippen LogP contribution in [0.5, 0.6) is 0 Å². The van der Waals surface area contributed by atoms with E-state index in [0.29, 0.717) is 45.4 Å². The van der Waals surface area contributed by atoms with Gasteiger partial charge in [0, 0.05) is 56.7 Å². The van der Waals surface area contributed by atoms with Crippen LogP contribution in [0.25, 0.3) is 11.1 Å². The average Bonchev–Trinajstić information content (AvgIpc) is 3.57. The fourth-order valence-electron chi connectivity index (χ4n) is 8.32. The first kappa shape index (κ1) is 40.1. The number of amides is 3. The van der Waals surface area contributed by atoms with Crippen LogP contribution < -0.4 is 21.0 Å². The highest BCUT2D eigenvalue weighted by molar-refractivity contribution is 5.93. The molecule has 3 aliphatic rings. The largest absolute Gasteiger partial charge is 0.392 e. The molecule has 12 nitrogen and oxygen atoms in total. The van der Waals surface area contributed by atoms with Crippen molar-refractivity contribution in [1.29, 1.82) is 0 Å². The van der Waals surface area contributed by atoms with E-state index in [9.17, 15) is 19.5 Å². The summed E-state index contributed by atoms with van der Waals surface area (Å²) in [6, 6.07) is 34.3. The zero-order valence-electron chi connectivity index (χ0n) is 32.3. The van der Waals surface area contributed by atoms with Crippen molar-refractivity contribution in [3.63, 3.8) is 0 Å². The van der Waals surface area contributed by atoms with E-state index in [4.69, 9.17) is 14.7 Å². The second-order valence-corrected chi connectivity index (χ2v) is 15.3. The van der Waals surface area contributed by atoms with Gasteiger partial charge in [0.15, 0.2) is 6.29 Å². The number of rotatable bonds is 15. The number of para-hydroxylation sites is 1. The first-order valence-corrected chi connectivity index (χ1v) is 20.1. The molecule has 3 atom stereocenters. The molecular formula is C45H53N5O7. The van der Waals surface area contributed by atoms with Crippen LogP contribution in [0.2, 0.25) is 0 Å². The number of benzene rings is 4. The molecule has 12 heteroatoms. The third kappa shape index (κ3) is 9.72. The maximum absolute atomic E-state index is 13.3. The molecule has 5 N–H and O–H groups in total. The maximum atomic E-state index is 13.3. The van der Waals surface area contributed by atoms with Crippen molar-refractivity contribution in [1.82, 2.24) is 21.0 Å². The molecule has 4 aromatic carbocycles. The molecule has 1 spiro atoms. The first-order chi connectivity index (χ1) is 27.8. The van der Waals surface area contributed by atoms with Crippen molar-refractivity contribution in [3.8, 4) is 11.1 Å². The monoisotopic (exact) mass is 775 g/mol. The van der Waals surface area contributed by atoms with Gasteiger partial charge in [0.1, 0.15) is 5.54 Å². The van der Waals surface area contributed by atoms with Gasteiger partial charge >= 0.3 is 0 Å². The van der Waals surface area contributed by atoms with E-state index in [-0.39, 0.29) is 37.0 Å². The number of aliphatic hydroxyl groups excluding tert-OH is 1. The van der Waals surface area contributed by atoms with Crippen LogP contribution in [0.1, 0.15) is 86.0 Å². The SMILES string of the molecule is O=C(CCCCCC(=O)NCc1ccccc1-c1ccc([C@@H]2O[C@H](CN3CCC4(CC3)C(=O)NCN4c3ccccc3)C[C@H](c3ccc(CO)cc3)O2)cc1)NO. The number of nitrogens with one attached hydrogen (secondary N) is 3. The molecule has 0 aliphatic carbocycles. The number of hydrogen-bond donors (Lipinski definition) is 5. The van der Waals surface area contributed by atoms with Crippen molar-refractivity contribution in [2.24, 2.45) is 0 Å². The zero-order valence-corrected chi connectivity index (χ0v) is 32.3. The number of nitrogens with zero attached hydrogens (tertiary/aromatic N) is 2. The van der Waals surface area contributed by atoms with Gasteiger partial charge in [-0.2, -0.15) is 0 Å². The number of hydrogen-bond acceptors (Lipinski definition) is 9. The van der Waals surface area contributed by atoms with Gasteiger partial charge in [-0.05, 0) is 65.6 Å². The second kappa shape index (κ2) is 18.9. The molecule has 0 aromatic heterocycles. The molecular weight excluding hydrogens is 723 g/mol. The first-order valence-electron chi connectivity index (χ1n) is 20.1. The van der Waals surface area contributed by atoms with E-state index in [1.165, 1.54) is 0 Å². The average molecular weight is 776 g/mol. The molecule has 3 fully saturated rings. The molecule has 3 heterocycles. The molecule has 3 amide bonds. The Balaban J connectivity index is 1.00. The predicted octanol–water partition coefficient (Wildman–Crippen LogP) is 5.89. The van der Waals surface area contributed by atoms with Crippen LogP contribution in [0, 0.1) is 0 Å². The summed E-state index contributed by atoms with van der Waals surface area (Å²) in [5.74, 6) is -0.358. The number of carbonyl (C=O) groups is 3. The highest BCUT2D eigenvalue weighted by Crippen LogP contribution is 2.40. The summed E-state index contributed by atoms with van der Waals surface area (Å²) in [5, 5.41) is 24.4. The molecule has 7 rings (SSSR count). The minimum Gasteiger partial charge on any atom is -0.392 e.